The molecule has 8 heteroatoms. The van der Waals surface area contributed by atoms with E-state index in [0.29, 0.717) is 13.1 Å². The van der Waals surface area contributed by atoms with Gasteiger partial charge < -0.3 is 14.7 Å². The summed E-state index contributed by atoms with van der Waals surface area (Å²) in [7, 11) is -3.77. The molecule has 2 aliphatic rings. The van der Waals surface area contributed by atoms with Gasteiger partial charge in [-0.2, -0.15) is 0 Å². The predicted octanol–water partition coefficient (Wildman–Crippen LogP) is 1.93. The summed E-state index contributed by atoms with van der Waals surface area (Å²) in [5.74, 6) is -0.0236. The molecule has 0 unspecified atom stereocenters. The Morgan fingerprint density at radius 1 is 1.12 bits per heavy atom. The number of nitrogens with zero attached hydrogens (tertiary/aromatic N) is 1. The number of aryl methyl sites for hydroxylation is 1. The molecule has 0 aromatic heterocycles. The number of carbonyl (C=O) groups is 1. The average Bonchev–Trinajstić information content (AvgIpc) is 2.79. The molecule has 0 bridgehead atoms. The van der Waals surface area contributed by atoms with Crippen LogP contribution >= 0.6 is 0 Å². The van der Waals surface area contributed by atoms with Gasteiger partial charge in [0, 0.05) is 13.1 Å². The minimum atomic E-state index is -3.77. The Labute approximate surface area is 188 Å². The SMILES string of the molecule is Cc1ccc(S(=O)(=O)N[C@@H]2C=C[C@H](CC(=O)N3CCc4ccccc4C3)O[C@H]2CO)cc1. The third kappa shape index (κ3) is 5.10. The van der Waals surface area contributed by atoms with E-state index >= 15 is 0 Å². The first-order valence-electron chi connectivity index (χ1n) is 10.7. The van der Waals surface area contributed by atoms with Gasteiger partial charge in [-0.1, -0.05) is 54.1 Å². The molecule has 1 amide bonds. The van der Waals surface area contributed by atoms with Crippen molar-refractivity contribution in [2.75, 3.05) is 13.2 Å². The molecule has 2 N–H and O–H groups in total. The van der Waals surface area contributed by atoms with Crippen LogP contribution in [0.25, 0.3) is 0 Å². The quantitative estimate of drug-likeness (QED) is 0.648. The maximum atomic E-state index is 12.8. The first-order valence-corrected chi connectivity index (χ1v) is 12.2. The number of hydrogen-bond acceptors (Lipinski definition) is 5. The van der Waals surface area contributed by atoms with Crippen LogP contribution in [0.15, 0.2) is 65.6 Å². The summed E-state index contributed by atoms with van der Waals surface area (Å²) in [4.78, 5) is 14.8. The van der Waals surface area contributed by atoms with E-state index in [0.717, 1.165) is 17.5 Å². The van der Waals surface area contributed by atoms with Crippen molar-refractivity contribution < 1.29 is 23.1 Å². The standard InChI is InChI=1S/C24H28N2O5S/c1-17-6-9-21(10-7-17)32(29,30)25-22-11-8-20(31-23(22)16-27)14-24(28)26-13-12-18-4-2-3-5-19(18)15-26/h2-11,20,22-23,25,27H,12-16H2,1H3/t20-,22-,23+/m1/s1. The Kier molecular flexibility index (Phi) is 6.76. The number of fused-ring (bicyclic) bond motifs is 1. The molecule has 32 heavy (non-hydrogen) atoms. The Bertz CT molecular complexity index is 1100. The van der Waals surface area contributed by atoms with E-state index in [4.69, 9.17) is 4.74 Å². The number of nitrogens with one attached hydrogen (secondary N) is 1. The van der Waals surface area contributed by atoms with Gasteiger partial charge in [0.1, 0.15) is 6.10 Å². The minimum Gasteiger partial charge on any atom is -0.394 e. The Balaban J connectivity index is 1.39. The van der Waals surface area contributed by atoms with Gasteiger partial charge in [-0.05, 0) is 36.6 Å². The van der Waals surface area contributed by atoms with E-state index < -0.39 is 28.3 Å². The molecule has 2 aromatic carbocycles. The Morgan fingerprint density at radius 3 is 2.56 bits per heavy atom. The van der Waals surface area contributed by atoms with Crippen LogP contribution in [0.3, 0.4) is 0 Å². The third-order valence-electron chi connectivity index (χ3n) is 5.94. The first-order chi connectivity index (χ1) is 15.4. The summed E-state index contributed by atoms with van der Waals surface area (Å²) in [5, 5.41) is 9.79. The monoisotopic (exact) mass is 456 g/mol. The zero-order valence-corrected chi connectivity index (χ0v) is 18.8. The summed E-state index contributed by atoms with van der Waals surface area (Å²) in [6.45, 7) is 2.75. The average molecular weight is 457 g/mol. The first kappa shape index (κ1) is 22.7. The molecule has 2 heterocycles. The highest BCUT2D eigenvalue weighted by atomic mass is 32.2. The lowest BCUT2D eigenvalue weighted by Crippen LogP contribution is -2.49. The smallest absolute Gasteiger partial charge is 0.241 e. The predicted molar refractivity (Wildman–Crippen MR) is 120 cm³/mol. The van der Waals surface area contributed by atoms with Gasteiger partial charge in [-0.25, -0.2) is 13.1 Å². The van der Waals surface area contributed by atoms with Crippen molar-refractivity contribution in [2.24, 2.45) is 0 Å². The van der Waals surface area contributed by atoms with Crippen LogP contribution in [0, 0.1) is 6.92 Å². The summed E-state index contributed by atoms with van der Waals surface area (Å²) >= 11 is 0. The van der Waals surface area contributed by atoms with E-state index in [2.05, 4.69) is 10.8 Å². The Hall–Kier alpha value is -2.52. The molecular formula is C24H28N2O5S. The fraction of sp³-hybridized carbons (Fsp3) is 0.375. The second-order valence-electron chi connectivity index (χ2n) is 8.28. The number of carbonyl (C=O) groups excluding carboxylic acids is 1. The zero-order chi connectivity index (χ0) is 22.7. The largest absolute Gasteiger partial charge is 0.394 e. The molecule has 0 fully saturated rings. The van der Waals surface area contributed by atoms with Crippen molar-refractivity contribution in [3.05, 3.63) is 77.4 Å². The number of hydrogen-bond donors (Lipinski definition) is 2. The fourth-order valence-electron chi connectivity index (χ4n) is 4.08. The van der Waals surface area contributed by atoms with Crippen molar-refractivity contribution >= 4 is 15.9 Å². The van der Waals surface area contributed by atoms with Crippen LogP contribution in [0.5, 0.6) is 0 Å². The Morgan fingerprint density at radius 2 is 1.84 bits per heavy atom. The normalized spacial score (nSPS) is 23.1. The number of benzene rings is 2. The van der Waals surface area contributed by atoms with Crippen molar-refractivity contribution in [1.29, 1.82) is 0 Å². The second-order valence-corrected chi connectivity index (χ2v) is 9.99. The highest BCUT2D eigenvalue weighted by molar-refractivity contribution is 7.89. The lowest BCUT2D eigenvalue weighted by atomic mass is 9.99. The van der Waals surface area contributed by atoms with E-state index in [1.54, 1.807) is 24.3 Å². The molecule has 3 atom stereocenters. The van der Waals surface area contributed by atoms with Crippen LogP contribution in [0.1, 0.15) is 23.1 Å². The van der Waals surface area contributed by atoms with E-state index in [9.17, 15) is 18.3 Å². The van der Waals surface area contributed by atoms with Crippen molar-refractivity contribution in [2.45, 2.75) is 49.5 Å². The molecule has 7 nitrogen and oxygen atoms in total. The summed E-state index contributed by atoms with van der Waals surface area (Å²) in [5.41, 5.74) is 3.39. The topological polar surface area (TPSA) is 95.9 Å². The lowest BCUT2D eigenvalue weighted by molar-refractivity contribution is -0.136. The zero-order valence-electron chi connectivity index (χ0n) is 18.0. The molecule has 4 rings (SSSR count). The van der Waals surface area contributed by atoms with Gasteiger partial charge in [0.05, 0.1) is 30.1 Å². The van der Waals surface area contributed by atoms with E-state index in [1.807, 2.05) is 30.0 Å². The van der Waals surface area contributed by atoms with Crippen LogP contribution in [0.4, 0.5) is 0 Å². The number of amides is 1. The van der Waals surface area contributed by atoms with E-state index in [-0.39, 0.29) is 23.8 Å². The molecule has 170 valence electrons. The number of sulfonamides is 1. The van der Waals surface area contributed by atoms with Gasteiger partial charge in [-0.15, -0.1) is 0 Å². The lowest BCUT2D eigenvalue weighted by Gasteiger charge is -2.33. The van der Waals surface area contributed by atoms with Crippen LogP contribution < -0.4 is 4.72 Å². The second kappa shape index (κ2) is 9.54. The maximum absolute atomic E-state index is 12.8. The highest BCUT2D eigenvalue weighted by Gasteiger charge is 2.32. The molecule has 2 aromatic rings. The number of aliphatic hydroxyl groups is 1. The highest BCUT2D eigenvalue weighted by Crippen LogP contribution is 2.22. The van der Waals surface area contributed by atoms with Gasteiger partial charge >= 0.3 is 0 Å². The molecule has 2 aliphatic heterocycles. The minimum absolute atomic E-state index is 0.0236. The van der Waals surface area contributed by atoms with Gasteiger partial charge in [0.2, 0.25) is 15.9 Å². The van der Waals surface area contributed by atoms with Crippen LogP contribution in [-0.4, -0.2) is 55.7 Å². The number of ether oxygens (including phenoxy) is 1. The molecule has 0 radical (unpaired) electrons. The van der Waals surface area contributed by atoms with Gasteiger partial charge in [0.15, 0.2) is 0 Å². The maximum Gasteiger partial charge on any atom is 0.241 e. The summed E-state index contributed by atoms with van der Waals surface area (Å²) in [6.07, 6.45) is 3.04. The molecule has 0 saturated heterocycles. The third-order valence-corrected chi connectivity index (χ3v) is 7.42. The summed E-state index contributed by atoms with van der Waals surface area (Å²) < 4.78 is 33.8. The van der Waals surface area contributed by atoms with Gasteiger partial charge in [-0.3, -0.25) is 4.79 Å². The van der Waals surface area contributed by atoms with Crippen molar-refractivity contribution in [3.8, 4) is 0 Å². The van der Waals surface area contributed by atoms with Crippen LogP contribution in [0.2, 0.25) is 0 Å². The van der Waals surface area contributed by atoms with Crippen molar-refractivity contribution in [3.63, 3.8) is 0 Å². The van der Waals surface area contributed by atoms with Gasteiger partial charge in [0.25, 0.3) is 0 Å². The van der Waals surface area contributed by atoms with Crippen molar-refractivity contribution in [1.82, 2.24) is 9.62 Å². The number of rotatable bonds is 6. The molecule has 0 saturated carbocycles. The summed E-state index contributed by atoms with van der Waals surface area (Å²) in [6, 6.07) is 13.9. The van der Waals surface area contributed by atoms with E-state index in [1.165, 1.54) is 17.7 Å². The fourth-order valence-corrected chi connectivity index (χ4v) is 5.30. The number of aliphatic hydroxyl groups excluding tert-OH is 1. The van der Waals surface area contributed by atoms with Crippen LogP contribution in [-0.2, 0) is 32.5 Å². The molecular weight excluding hydrogens is 428 g/mol. The molecule has 0 aliphatic carbocycles. The molecule has 0 spiro atoms.